The summed E-state index contributed by atoms with van der Waals surface area (Å²) in [4.78, 5) is 0. The van der Waals surface area contributed by atoms with Gasteiger partial charge >= 0.3 is 21.7 Å². The van der Waals surface area contributed by atoms with Crippen molar-refractivity contribution in [2.24, 2.45) is 0 Å². The summed E-state index contributed by atoms with van der Waals surface area (Å²) in [7, 11) is -1.55. The third-order valence-corrected chi connectivity index (χ3v) is 9.97. The minimum atomic E-state index is -1.55. The van der Waals surface area contributed by atoms with Gasteiger partial charge in [-0.2, -0.15) is 22.9 Å². The molecule has 132 valence electrons. The molecule has 0 saturated heterocycles. The molecule has 0 heterocycles. The van der Waals surface area contributed by atoms with E-state index in [0.29, 0.717) is 0 Å². The molecule has 0 radical (unpaired) electrons. The van der Waals surface area contributed by atoms with Crippen LogP contribution in [0.3, 0.4) is 0 Å². The summed E-state index contributed by atoms with van der Waals surface area (Å²) in [6.45, 7) is 11.6. The summed E-state index contributed by atoms with van der Waals surface area (Å²) < 4.78 is 0. The molecule has 0 unspecified atom stereocenters. The topological polar surface area (TPSA) is 0 Å². The first-order valence-electron chi connectivity index (χ1n) is 7.77. The molecule has 0 amide bonds. The third-order valence-electron chi connectivity index (χ3n) is 4.71. The number of hydrogen-bond donors (Lipinski definition) is 0. The molecule has 2 aromatic rings. The van der Waals surface area contributed by atoms with Crippen molar-refractivity contribution in [1.82, 2.24) is 0 Å². The Balaban J connectivity index is -0.00000110. The summed E-state index contributed by atoms with van der Waals surface area (Å²) >= 11 is 0. The molecule has 0 nitrogen and oxygen atoms in total. The van der Waals surface area contributed by atoms with Crippen LogP contribution < -0.4 is 47.6 Å². The maximum atomic E-state index is 2.48. The molecule has 0 atom stereocenters. The normalized spacial score (nSPS) is 10.5. The van der Waals surface area contributed by atoms with Gasteiger partial charge in [0.15, 0.2) is 0 Å². The van der Waals surface area contributed by atoms with Gasteiger partial charge in [-0.25, -0.2) is 6.07 Å². The van der Waals surface area contributed by atoms with Crippen molar-refractivity contribution in [1.29, 1.82) is 0 Å². The van der Waals surface area contributed by atoms with Crippen LogP contribution in [-0.2, 0) is 27.1 Å². The van der Waals surface area contributed by atoms with Crippen LogP contribution in [0.2, 0.25) is 12.1 Å². The second kappa shape index (κ2) is 11.9. The van der Waals surface area contributed by atoms with E-state index in [1.165, 1.54) is 17.7 Å². The van der Waals surface area contributed by atoms with Gasteiger partial charge < -0.3 is 37.2 Å². The maximum Gasteiger partial charge on any atom is 4.00 e. The van der Waals surface area contributed by atoms with E-state index in [1.807, 2.05) is 0 Å². The van der Waals surface area contributed by atoms with Crippen molar-refractivity contribution in [3.63, 3.8) is 0 Å². The van der Waals surface area contributed by atoms with Crippen molar-refractivity contribution in [2.75, 3.05) is 0 Å². The monoisotopic (exact) mass is 436 g/mol. The van der Waals surface area contributed by atoms with Gasteiger partial charge in [0.2, 0.25) is 0 Å². The molecular formula is C19H27Cl3SiTi. The van der Waals surface area contributed by atoms with Crippen LogP contribution in [0.1, 0.15) is 40.2 Å². The van der Waals surface area contributed by atoms with Crippen molar-refractivity contribution in [3.8, 4) is 0 Å². The molecule has 0 aromatic heterocycles. The molecule has 2 aromatic carbocycles. The SMILES string of the molecule is CC[Si](CC)(c1ccccc1)[c-]1ccc(C(C)(C)C)c1.[Cl-].[Cl-].[Cl-].[Ti+4]. The van der Waals surface area contributed by atoms with E-state index >= 15 is 0 Å². The molecule has 5 heteroatoms. The predicted molar refractivity (Wildman–Crippen MR) is 93.2 cm³/mol. The number of rotatable bonds is 4. The molecule has 0 aliphatic carbocycles. The van der Waals surface area contributed by atoms with Gasteiger partial charge in [-0.05, 0) is 0 Å². The second-order valence-electron chi connectivity index (χ2n) is 6.79. The van der Waals surface area contributed by atoms with Crippen LogP contribution in [0.25, 0.3) is 0 Å². The van der Waals surface area contributed by atoms with Crippen LogP contribution in [0.4, 0.5) is 0 Å². The van der Waals surface area contributed by atoms with Crippen LogP contribution in [0, 0.1) is 0 Å². The number of halogens is 3. The fourth-order valence-electron chi connectivity index (χ4n) is 3.20. The molecule has 0 saturated carbocycles. The zero-order chi connectivity index (χ0) is 14.8. The van der Waals surface area contributed by atoms with E-state index in [9.17, 15) is 0 Å². The van der Waals surface area contributed by atoms with E-state index in [-0.39, 0.29) is 64.4 Å². The van der Waals surface area contributed by atoms with Gasteiger partial charge in [0.1, 0.15) is 0 Å². The molecular weight excluding hydrogens is 411 g/mol. The van der Waals surface area contributed by atoms with E-state index in [4.69, 9.17) is 0 Å². The van der Waals surface area contributed by atoms with Gasteiger partial charge in [-0.15, -0.1) is 0 Å². The standard InChI is InChI=1S/C19H27Si.3ClH.Ti/c1-6-20(7-2,17-11-9-8-10-12-17)18-14-13-16(15-18)19(3,4)5;;;;/h8-15H,6-7H2,1-5H3;3*1H;/q-1;;;;+4/p-3. The molecule has 0 aliphatic heterocycles. The Morgan fingerprint density at radius 3 is 1.75 bits per heavy atom. The smallest absolute Gasteiger partial charge is 1.00 e. The fourth-order valence-corrected chi connectivity index (χ4v) is 7.33. The van der Waals surface area contributed by atoms with Crippen LogP contribution >= 0.6 is 0 Å². The molecule has 2 rings (SSSR count). The average molecular weight is 438 g/mol. The Kier molecular flexibility index (Phi) is 14.4. The third kappa shape index (κ3) is 5.97. The zero-order valence-corrected chi connectivity index (χ0v) is 20.0. The van der Waals surface area contributed by atoms with E-state index in [2.05, 4.69) is 83.1 Å². The minimum absolute atomic E-state index is 0. The number of benzene rings is 1. The second-order valence-corrected chi connectivity index (χ2v) is 11.5. The summed E-state index contributed by atoms with van der Waals surface area (Å²) in [6.07, 6.45) is 0. The Bertz CT molecular complexity index is 557. The molecule has 24 heavy (non-hydrogen) atoms. The van der Waals surface area contributed by atoms with Gasteiger partial charge in [0.05, 0.1) is 8.07 Å². The first-order chi connectivity index (χ1) is 9.44. The predicted octanol–water partition coefficient (Wildman–Crippen LogP) is -4.68. The first kappa shape index (κ1) is 29.1. The quantitative estimate of drug-likeness (QED) is 0.333. The van der Waals surface area contributed by atoms with Crippen molar-refractivity contribution in [3.05, 3.63) is 54.1 Å². The molecule has 0 spiro atoms. The maximum absolute atomic E-state index is 2.48. The molecule has 0 bridgehead atoms. The summed E-state index contributed by atoms with van der Waals surface area (Å²) in [6, 6.07) is 20.9. The summed E-state index contributed by atoms with van der Waals surface area (Å²) in [5, 5.41) is 3.19. The Morgan fingerprint density at radius 2 is 1.38 bits per heavy atom. The number of hydrogen-bond acceptors (Lipinski definition) is 0. The molecule has 0 aliphatic rings. The van der Waals surface area contributed by atoms with Crippen LogP contribution in [0.5, 0.6) is 0 Å². The Morgan fingerprint density at radius 1 is 0.875 bits per heavy atom. The van der Waals surface area contributed by atoms with E-state index in [0.717, 1.165) is 0 Å². The largest absolute Gasteiger partial charge is 4.00 e. The van der Waals surface area contributed by atoms with Crippen LogP contribution in [0.15, 0.2) is 48.5 Å². The summed E-state index contributed by atoms with van der Waals surface area (Å²) in [5.74, 6) is 0. The van der Waals surface area contributed by atoms with Gasteiger partial charge in [0.25, 0.3) is 0 Å². The van der Waals surface area contributed by atoms with Crippen molar-refractivity contribution in [2.45, 2.75) is 52.1 Å². The Labute approximate surface area is 182 Å². The van der Waals surface area contributed by atoms with E-state index in [1.54, 1.807) is 10.4 Å². The molecule has 0 fully saturated rings. The Hall–Kier alpha value is 0.371. The summed E-state index contributed by atoms with van der Waals surface area (Å²) in [5.41, 5.74) is 1.72. The zero-order valence-electron chi connectivity index (χ0n) is 15.2. The minimum Gasteiger partial charge on any atom is -1.00 e. The van der Waals surface area contributed by atoms with Gasteiger partial charge in [-0.3, -0.25) is 0 Å². The fraction of sp³-hybridized carbons (Fsp3) is 0.421. The van der Waals surface area contributed by atoms with E-state index < -0.39 is 8.07 Å². The molecule has 0 N–H and O–H groups in total. The van der Waals surface area contributed by atoms with Crippen molar-refractivity contribution < 1.29 is 58.9 Å². The first-order valence-corrected chi connectivity index (χ1v) is 10.2. The van der Waals surface area contributed by atoms with Gasteiger partial charge in [-0.1, -0.05) is 87.6 Å². The van der Waals surface area contributed by atoms with Crippen LogP contribution in [-0.4, -0.2) is 8.07 Å². The van der Waals surface area contributed by atoms with Crippen molar-refractivity contribution >= 4 is 18.4 Å². The van der Waals surface area contributed by atoms with Gasteiger partial charge in [0, 0.05) is 0 Å². The average Bonchev–Trinajstić information content (AvgIpc) is 2.92.